The quantitative estimate of drug-likeness (QED) is 0.874. The van der Waals surface area contributed by atoms with E-state index in [1.54, 1.807) is 17.9 Å². The van der Waals surface area contributed by atoms with E-state index >= 15 is 0 Å². The smallest absolute Gasteiger partial charge is 0.321 e. The molecule has 0 unspecified atom stereocenters. The lowest BCUT2D eigenvalue weighted by molar-refractivity contribution is -0.143. The van der Waals surface area contributed by atoms with Crippen LogP contribution in [0, 0.1) is 18.7 Å². The molecule has 0 aliphatic carbocycles. The molecule has 0 bridgehead atoms. The SMILES string of the molecule is Cc1cc(F)cc(NC(=O)N2CCC(C(=O)O)CC2)c1. The van der Waals surface area contributed by atoms with Crippen LogP contribution < -0.4 is 5.32 Å². The highest BCUT2D eigenvalue weighted by Gasteiger charge is 2.26. The third-order valence-corrected chi connectivity index (χ3v) is 3.42. The Morgan fingerprint density at radius 2 is 1.95 bits per heavy atom. The summed E-state index contributed by atoms with van der Waals surface area (Å²) in [6, 6.07) is 4.01. The van der Waals surface area contributed by atoms with Gasteiger partial charge in [-0.3, -0.25) is 4.79 Å². The van der Waals surface area contributed by atoms with Gasteiger partial charge in [0.15, 0.2) is 0 Å². The van der Waals surface area contributed by atoms with E-state index in [1.807, 2.05) is 0 Å². The maximum Gasteiger partial charge on any atom is 0.321 e. The van der Waals surface area contributed by atoms with E-state index in [0.717, 1.165) is 5.56 Å². The lowest BCUT2D eigenvalue weighted by Gasteiger charge is -2.30. The van der Waals surface area contributed by atoms with Crippen LogP contribution in [0.25, 0.3) is 0 Å². The van der Waals surface area contributed by atoms with Crippen molar-refractivity contribution in [2.45, 2.75) is 19.8 Å². The number of carbonyl (C=O) groups is 2. The molecule has 1 saturated heterocycles. The number of amides is 2. The van der Waals surface area contributed by atoms with Crippen molar-refractivity contribution in [3.63, 3.8) is 0 Å². The van der Waals surface area contributed by atoms with Crippen molar-refractivity contribution < 1.29 is 19.1 Å². The van der Waals surface area contributed by atoms with Crippen LogP contribution in [0.4, 0.5) is 14.9 Å². The summed E-state index contributed by atoms with van der Waals surface area (Å²) in [7, 11) is 0. The molecule has 1 aromatic rings. The number of carboxylic acid groups (broad SMARTS) is 1. The van der Waals surface area contributed by atoms with Crippen molar-refractivity contribution in [2.24, 2.45) is 5.92 Å². The van der Waals surface area contributed by atoms with E-state index in [-0.39, 0.29) is 11.9 Å². The molecule has 2 rings (SSSR count). The van der Waals surface area contributed by atoms with Crippen molar-refractivity contribution in [3.05, 3.63) is 29.6 Å². The number of piperidine rings is 1. The summed E-state index contributed by atoms with van der Waals surface area (Å²) in [5.74, 6) is -1.59. The molecule has 2 amide bonds. The van der Waals surface area contributed by atoms with E-state index in [2.05, 4.69) is 5.32 Å². The van der Waals surface area contributed by atoms with Crippen LogP contribution in [-0.4, -0.2) is 35.1 Å². The molecule has 2 N–H and O–H groups in total. The third-order valence-electron chi connectivity index (χ3n) is 3.42. The predicted molar refractivity (Wildman–Crippen MR) is 72.1 cm³/mol. The number of urea groups is 1. The fourth-order valence-corrected chi connectivity index (χ4v) is 2.34. The largest absolute Gasteiger partial charge is 0.481 e. The lowest BCUT2D eigenvalue weighted by atomic mass is 9.97. The summed E-state index contributed by atoms with van der Waals surface area (Å²) in [5, 5.41) is 11.5. The number of nitrogens with zero attached hydrogens (tertiary/aromatic N) is 1. The Labute approximate surface area is 116 Å². The molecule has 1 aromatic carbocycles. The van der Waals surface area contributed by atoms with Crippen molar-refractivity contribution in [1.29, 1.82) is 0 Å². The van der Waals surface area contributed by atoms with E-state index in [9.17, 15) is 14.0 Å². The van der Waals surface area contributed by atoms with Gasteiger partial charge in [0.2, 0.25) is 0 Å². The summed E-state index contributed by atoms with van der Waals surface area (Å²) in [6.07, 6.45) is 0.899. The van der Waals surface area contributed by atoms with Gasteiger partial charge in [-0.1, -0.05) is 0 Å². The van der Waals surface area contributed by atoms with Crippen LogP contribution in [0.15, 0.2) is 18.2 Å². The minimum absolute atomic E-state index is 0.321. The standard InChI is InChI=1S/C14H17FN2O3/c1-9-6-11(15)8-12(7-9)16-14(20)17-4-2-10(3-5-17)13(18)19/h6-8,10H,2-5H2,1H3,(H,16,20)(H,18,19). The molecular formula is C14H17FN2O3. The first-order valence-electron chi connectivity index (χ1n) is 6.51. The number of aryl methyl sites for hydroxylation is 1. The number of benzene rings is 1. The summed E-state index contributed by atoms with van der Waals surface area (Å²) < 4.78 is 13.2. The van der Waals surface area contributed by atoms with Gasteiger partial charge in [-0.05, 0) is 43.5 Å². The minimum Gasteiger partial charge on any atom is -0.481 e. The summed E-state index contributed by atoms with van der Waals surface area (Å²) in [4.78, 5) is 24.4. The molecule has 1 heterocycles. The van der Waals surface area contributed by atoms with Gasteiger partial charge in [0, 0.05) is 18.8 Å². The van der Waals surface area contributed by atoms with Crippen LogP contribution in [-0.2, 0) is 4.79 Å². The van der Waals surface area contributed by atoms with Gasteiger partial charge >= 0.3 is 12.0 Å². The molecule has 6 heteroatoms. The topological polar surface area (TPSA) is 69.6 Å². The van der Waals surface area contributed by atoms with Crippen LogP contribution >= 0.6 is 0 Å². The van der Waals surface area contributed by atoms with E-state index in [1.165, 1.54) is 12.1 Å². The monoisotopic (exact) mass is 280 g/mol. The number of aliphatic carboxylic acids is 1. The van der Waals surface area contributed by atoms with Gasteiger partial charge in [0.1, 0.15) is 5.82 Å². The Morgan fingerprint density at radius 3 is 2.50 bits per heavy atom. The van der Waals surface area contributed by atoms with Crippen molar-refractivity contribution in [1.82, 2.24) is 4.90 Å². The molecule has 0 saturated carbocycles. The minimum atomic E-state index is -0.814. The second-order valence-corrected chi connectivity index (χ2v) is 5.05. The summed E-state index contributed by atoms with van der Waals surface area (Å²) in [5.41, 5.74) is 1.14. The molecule has 0 aromatic heterocycles. The van der Waals surface area contributed by atoms with Gasteiger partial charge in [0.05, 0.1) is 5.92 Å². The Hall–Kier alpha value is -2.11. The average Bonchev–Trinajstić information content (AvgIpc) is 2.37. The zero-order valence-corrected chi connectivity index (χ0v) is 11.2. The molecular weight excluding hydrogens is 263 g/mol. The normalized spacial score (nSPS) is 16.0. The number of rotatable bonds is 2. The van der Waals surface area contributed by atoms with E-state index in [0.29, 0.717) is 31.6 Å². The van der Waals surface area contributed by atoms with Crippen LogP contribution in [0.3, 0.4) is 0 Å². The fraction of sp³-hybridized carbons (Fsp3) is 0.429. The maximum atomic E-state index is 13.2. The summed E-state index contributed by atoms with van der Waals surface area (Å²) in [6.45, 7) is 2.55. The zero-order valence-electron chi connectivity index (χ0n) is 11.2. The molecule has 0 spiro atoms. The third kappa shape index (κ3) is 3.46. The molecule has 1 aliphatic heterocycles. The Kier molecular flexibility index (Phi) is 4.22. The first kappa shape index (κ1) is 14.3. The number of likely N-dealkylation sites (tertiary alicyclic amines) is 1. The Balaban J connectivity index is 1.94. The Morgan fingerprint density at radius 1 is 1.30 bits per heavy atom. The average molecular weight is 280 g/mol. The van der Waals surface area contributed by atoms with Crippen LogP contribution in [0.2, 0.25) is 0 Å². The Bertz CT molecular complexity index is 505. The van der Waals surface area contributed by atoms with Gasteiger partial charge in [-0.25, -0.2) is 9.18 Å². The fourth-order valence-electron chi connectivity index (χ4n) is 2.34. The van der Waals surface area contributed by atoms with Gasteiger partial charge in [0.25, 0.3) is 0 Å². The molecule has 20 heavy (non-hydrogen) atoms. The highest BCUT2D eigenvalue weighted by atomic mass is 19.1. The highest BCUT2D eigenvalue weighted by molar-refractivity contribution is 5.89. The highest BCUT2D eigenvalue weighted by Crippen LogP contribution is 2.19. The number of nitrogens with one attached hydrogen (secondary N) is 1. The summed E-state index contributed by atoms with van der Waals surface area (Å²) >= 11 is 0. The number of hydrogen-bond acceptors (Lipinski definition) is 2. The maximum absolute atomic E-state index is 13.2. The number of anilines is 1. The first-order chi connectivity index (χ1) is 9.45. The number of halogens is 1. The molecule has 108 valence electrons. The van der Waals surface area contributed by atoms with Crippen molar-refractivity contribution >= 4 is 17.7 Å². The van der Waals surface area contributed by atoms with Crippen LogP contribution in [0.1, 0.15) is 18.4 Å². The predicted octanol–water partition coefficient (Wildman–Crippen LogP) is 2.46. The molecule has 1 aliphatic rings. The lowest BCUT2D eigenvalue weighted by Crippen LogP contribution is -2.42. The van der Waals surface area contributed by atoms with Crippen molar-refractivity contribution in [2.75, 3.05) is 18.4 Å². The number of carbonyl (C=O) groups excluding carboxylic acids is 1. The second kappa shape index (κ2) is 5.90. The van der Waals surface area contributed by atoms with Gasteiger partial charge < -0.3 is 15.3 Å². The van der Waals surface area contributed by atoms with Crippen LogP contribution in [0.5, 0.6) is 0 Å². The van der Waals surface area contributed by atoms with E-state index in [4.69, 9.17) is 5.11 Å². The molecule has 0 radical (unpaired) electrons. The molecule has 1 fully saturated rings. The first-order valence-corrected chi connectivity index (χ1v) is 6.51. The van der Waals surface area contributed by atoms with Gasteiger partial charge in [-0.15, -0.1) is 0 Å². The second-order valence-electron chi connectivity index (χ2n) is 5.05. The van der Waals surface area contributed by atoms with Gasteiger partial charge in [-0.2, -0.15) is 0 Å². The molecule has 5 nitrogen and oxygen atoms in total. The van der Waals surface area contributed by atoms with Crippen molar-refractivity contribution in [3.8, 4) is 0 Å². The van der Waals surface area contributed by atoms with E-state index < -0.39 is 11.8 Å². The molecule has 0 atom stereocenters. The zero-order chi connectivity index (χ0) is 14.7. The number of carboxylic acids is 1. The number of hydrogen-bond donors (Lipinski definition) is 2.